The molecule has 0 atom stereocenters. The molecule has 0 saturated heterocycles. The number of aryl methyl sites for hydroxylation is 1. The predicted molar refractivity (Wildman–Crippen MR) is 99.0 cm³/mol. The lowest BCUT2D eigenvalue weighted by Gasteiger charge is -2.12. The van der Waals surface area contributed by atoms with E-state index < -0.39 is 0 Å². The summed E-state index contributed by atoms with van der Waals surface area (Å²) in [5, 5.41) is 7.74. The quantitative estimate of drug-likeness (QED) is 0.585. The molecule has 24 heavy (non-hydrogen) atoms. The van der Waals surface area contributed by atoms with Gasteiger partial charge in [-0.1, -0.05) is 0 Å². The van der Waals surface area contributed by atoms with Crippen LogP contribution in [0.15, 0.2) is 27.8 Å². The van der Waals surface area contributed by atoms with Crippen molar-refractivity contribution in [3.05, 3.63) is 38.3 Å². The molecule has 3 rings (SSSR count). The summed E-state index contributed by atoms with van der Waals surface area (Å²) in [4.78, 5) is 9.84. The van der Waals surface area contributed by atoms with Gasteiger partial charge in [-0.25, -0.2) is 4.98 Å². The molecule has 2 heterocycles. The Bertz CT molecular complexity index is 748. The van der Waals surface area contributed by atoms with E-state index in [9.17, 15) is 0 Å². The number of thiazole rings is 1. The molecular formula is C16H19BrN4O2S. The van der Waals surface area contributed by atoms with E-state index in [1.807, 2.05) is 18.3 Å². The molecule has 1 aromatic carbocycles. The van der Waals surface area contributed by atoms with Gasteiger partial charge in [0.25, 0.3) is 0 Å². The van der Waals surface area contributed by atoms with E-state index in [0.717, 1.165) is 45.5 Å². The van der Waals surface area contributed by atoms with Crippen molar-refractivity contribution in [2.75, 3.05) is 20.4 Å². The van der Waals surface area contributed by atoms with Gasteiger partial charge >= 0.3 is 0 Å². The van der Waals surface area contributed by atoms with Crippen molar-refractivity contribution in [2.24, 2.45) is 4.99 Å². The predicted octanol–water partition coefficient (Wildman–Crippen LogP) is 2.85. The second-order valence-electron chi connectivity index (χ2n) is 5.28. The van der Waals surface area contributed by atoms with Gasteiger partial charge < -0.3 is 20.1 Å². The summed E-state index contributed by atoms with van der Waals surface area (Å²) in [5.74, 6) is 2.29. The molecule has 0 fully saturated rings. The number of hydrogen-bond acceptors (Lipinski definition) is 5. The van der Waals surface area contributed by atoms with Crippen molar-refractivity contribution in [1.82, 2.24) is 15.6 Å². The molecule has 0 aliphatic carbocycles. The molecule has 2 N–H and O–H groups in total. The number of ether oxygens (including phenoxy) is 2. The van der Waals surface area contributed by atoms with Crippen LogP contribution in [0, 0.1) is 6.92 Å². The van der Waals surface area contributed by atoms with Gasteiger partial charge in [-0.3, -0.25) is 4.99 Å². The molecule has 1 aliphatic heterocycles. The normalized spacial score (nSPS) is 13.2. The number of aliphatic imine (C=N–C) groups is 1. The van der Waals surface area contributed by atoms with Crippen molar-refractivity contribution < 1.29 is 9.47 Å². The fourth-order valence-electron chi connectivity index (χ4n) is 2.33. The van der Waals surface area contributed by atoms with Crippen LogP contribution in [0.2, 0.25) is 0 Å². The minimum Gasteiger partial charge on any atom is -0.454 e. The first-order chi connectivity index (χ1) is 11.7. The smallest absolute Gasteiger partial charge is 0.231 e. The summed E-state index contributed by atoms with van der Waals surface area (Å²) in [6.45, 7) is 3.77. The minimum atomic E-state index is 0.268. The first-order valence-corrected chi connectivity index (χ1v) is 9.20. The molecule has 0 radical (unpaired) electrons. The lowest BCUT2D eigenvalue weighted by molar-refractivity contribution is 0.173. The lowest BCUT2D eigenvalue weighted by atomic mass is 10.2. The van der Waals surface area contributed by atoms with Crippen molar-refractivity contribution in [2.45, 2.75) is 19.9 Å². The van der Waals surface area contributed by atoms with E-state index in [4.69, 9.17) is 9.47 Å². The number of benzene rings is 1. The Hall–Kier alpha value is -1.80. The van der Waals surface area contributed by atoms with Gasteiger partial charge in [0.05, 0.1) is 9.48 Å². The highest BCUT2D eigenvalue weighted by molar-refractivity contribution is 9.10. The topological polar surface area (TPSA) is 67.8 Å². The summed E-state index contributed by atoms with van der Waals surface area (Å²) in [6.07, 6.45) is 2.79. The van der Waals surface area contributed by atoms with Crippen molar-refractivity contribution in [3.8, 4) is 11.5 Å². The molecule has 0 amide bonds. The van der Waals surface area contributed by atoms with E-state index >= 15 is 0 Å². The first kappa shape index (κ1) is 17.0. The Balaban J connectivity index is 1.50. The molecule has 0 unspecified atom stereocenters. The van der Waals surface area contributed by atoms with Crippen LogP contribution in [-0.2, 0) is 13.0 Å². The number of rotatable bonds is 5. The summed E-state index contributed by atoms with van der Waals surface area (Å²) < 4.78 is 11.7. The number of guanidine groups is 1. The van der Waals surface area contributed by atoms with Crippen LogP contribution in [0.5, 0.6) is 11.5 Å². The number of fused-ring (bicyclic) bond motifs is 1. The zero-order valence-corrected chi connectivity index (χ0v) is 16.0. The minimum absolute atomic E-state index is 0.268. The number of nitrogens with one attached hydrogen (secondary N) is 2. The zero-order chi connectivity index (χ0) is 16.9. The summed E-state index contributed by atoms with van der Waals surface area (Å²) in [6, 6.07) is 4.00. The Kier molecular flexibility index (Phi) is 5.57. The highest BCUT2D eigenvalue weighted by Gasteiger charge is 2.17. The van der Waals surface area contributed by atoms with Crippen LogP contribution in [0.25, 0.3) is 0 Å². The molecule has 0 saturated carbocycles. The molecule has 2 aromatic rings. The zero-order valence-electron chi connectivity index (χ0n) is 13.6. The van der Waals surface area contributed by atoms with E-state index in [2.05, 4.69) is 43.5 Å². The maximum atomic E-state index is 5.44. The molecule has 0 bridgehead atoms. The lowest BCUT2D eigenvalue weighted by Crippen LogP contribution is -2.37. The van der Waals surface area contributed by atoms with Gasteiger partial charge in [0.1, 0.15) is 0 Å². The third kappa shape index (κ3) is 4.18. The van der Waals surface area contributed by atoms with Crippen molar-refractivity contribution in [3.63, 3.8) is 0 Å². The standard InChI is InChI=1S/C16H19BrN4O2S/c1-10-7-20-14(24-10)3-4-19-16(18-2)21-8-11-5-12(17)15-13(6-11)22-9-23-15/h5-7H,3-4,8-9H2,1-2H3,(H2,18,19,21). The van der Waals surface area contributed by atoms with Crippen LogP contribution in [0.4, 0.5) is 0 Å². The van der Waals surface area contributed by atoms with E-state index in [-0.39, 0.29) is 6.79 Å². The molecule has 128 valence electrons. The van der Waals surface area contributed by atoms with Crippen molar-refractivity contribution >= 4 is 33.2 Å². The third-order valence-electron chi connectivity index (χ3n) is 3.47. The van der Waals surface area contributed by atoms with E-state index in [1.54, 1.807) is 18.4 Å². The molecule has 1 aromatic heterocycles. The van der Waals surface area contributed by atoms with Gasteiger partial charge in [-0.05, 0) is 40.5 Å². The molecule has 8 heteroatoms. The van der Waals surface area contributed by atoms with E-state index in [0.29, 0.717) is 6.54 Å². The van der Waals surface area contributed by atoms with Crippen LogP contribution in [0.1, 0.15) is 15.4 Å². The largest absolute Gasteiger partial charge is 0.454 e. The summed E-state index contributed by atoms with van der Waals surface area (Å²) in [7, 11) is 1.76. The first-order valence-electron chi connectivity index (χ1n) is 7.59. The van der Waals surface area contributed by atoms with Gasteiger partial charge in [0.15, 0.2) is 17.5 Å². The summed E-state index contributed by atoms with van der Waals surface area (Å²) >= 11 is 5.24. The Morgan fingerprint density at radius 3 is 3.00 bits per heavy atom. The summed E-state index contributed by atoms with van der Waals surface area (Å²) in [5.41, 5.74) is 1.09. The molecule has 1 aliphatic rings. The monoisotopic (exact) mass is 410 g/mol. The molecule has 6 nitrogen and oxygen atoms in total. The number of aromatic nitrogens is 1. The SMILES string of the molecule is CN=C(NCCc1ncc(C)s1)NCc1cc(Br)c2c(c1)OCO2. The van der Waals surface area contributed by atoms with E-state index in [1.165, 1.54) is 4.88 Å². The van der Waals surface area contributed by atoms with Gasteiger partial charge in [0.2, 0.25) is 6.79 Å². The Morgan fingerprint density at radius 2 is 2.25 bits per heavy atom. The van der Waals surface area contributed by atoms with Crippen LogP contribution in [0.3, 0.4) is 0 Å². The van der Waals surface area contributed by atoms with Gasteiger partial charge in [-0.2, -0.15) is 0 Å². The number of halogens is 1. The number of nitrogens with zero attached hydrogens (tertiary/aromatic N) is 2. The van der Waals surface area contributed by atoms with Gasteiger partial charge in [-0.15, -0.1) is 11.3 Å². The maximum absolute atomic E-state index is 5.44. The van der Waals surface area contributed by atoms with Crippen LogP contribution < -0.4 is 20.1 Å². The third-order valence-corrected chi connectivity index (χ3v) is 5.03. The maximum Gasteiger partial charge on any atom is 0.231 e. The highest BCUT2D eigenvalue weighted by Crippen LogP contribution is 2.39. The average molecular weight is 411 g/mol. The fourth-order valence-corrected chi connectivity index (χ4v) is 3.72. The van der Waals surface area contributed by atoms with Crippen LogP contribution in [-0.4, -0.2) is 31.3 Å². The second-order valence-corrected chi connectivity index (χ2v) is 7.45. The van der Waals surface area contributed by atoms with Crippen molar-refractivity contribution in [1.29, 1.82) is 0 Å². The Morgan fingerprint density at radius 1 is 1.38 bits per heavy atom. The average Bonchev–Trinajstić information content (AvgIpc) is 3.19. The Labute approximate surface area is 153 Å². The van der Waals surface area contributed by atoms with Gasteiger partial charge in [0, 0.05) is 37.6 Å². The molecular weight excluding hydrogens is 392 g/mol. The number of hydrogen-bond donors (Lipinski definition) is 2. The second kappa shape index (κ2) is 7.85. The molecule has 0 spiro atoms. The highest BCUT2D eigenvalue weighted by atomic mass is 79.9. The van der Waals surface area contributed by atoms with Crippen LogP contribution >= 0.6 is 27.3 Å². The fraction of sp³-hybridized carbons (Fsp3) is 0.375.